The summed E-state index contributed by atoms with van der Waals surface area (Å²) in [5.41, 5.74) is 3.03. The zero-order chi connectivity index (χ0) is 12.5. The standard InChI is InChI=1S/C15H22N2/c1-15(2,3)11-16-9-12-10-17(4)14-8-6-5-7-13(12)14/h5-8,10,16H,9,11H2,1-4H3. The molecular weight excluding hydrogens is 208 g/mol. The number of para-hydroxylation sites is 1. The second kappa shape index (κ2) is 4.53. The summed E-state index contributed by atoms with van der Waals surface area (Å²) >= 11 is 0. The van der Waals surface area contributed by atoms with Crippen LogP contribution in [-0.2, 0) is 13.6 Å². The first-order chi connectivity index (χ1) is 7.97. The Morgan fingerprint density at radius 3 is 2.59 bits per heavy atom. The third-order valence-electron chi connectivity index (χ3n) is 2.95. The average molecular weight is 230 g/mol. The molecule has 0 spiro atoms. The number of fused-ring (bicyclic) bond motifs is 1. The number of hydrogen-bond donors (Lipinski definition) is 1. The molecule has 0 aliphatic carbocycles. The van der Waals surface area contributed by atoms with E-state index in [9.17, 15) is 0 Å². The van der Waals surface area contributed by atoms with Gasteiger partial charge in [-0.3, -0.25) is 0 Å². The zero-order valence-corrected chi connectivity index (χ0v) is 11.2. The normalized spacial score (nSPS) is 12.2. The van der Waals surface area contributed by atoms with E-state index in [2.05, 4.69) is 68.2 Å². The lowest BCUT2D eigenvalue weighted by molar-refractivity contribution is 0.379. The van der Waals surface area contributed by atoms with Gasteiger partial charge in [-0.15, -0.1) is 0 Å². The van der Waals surface area contributed by atoms with E-state index >= 15 is 0 Å². The predicted octanol–water partition coefficient (Wildman–Crippen LogP) is 3.31. The van der Waals surface area contributed by atoms with Gasteiger partial charge in [-0.1, -0.05) is 39.0 Å². The van der Waals surface area contributed by atoms with Gasteiger partial charge >= 0.3 is 0 Å². The molecule has 0 fully saturated rings. The van der Waals surface area contributed by atoms with Crippen LogP contribution < -0.4 is 5.32 Å². The number of nitrogens with one attached hydrogen (secondary N) is 1. The Morgan fingerprint density at radius 2 is 1.88 bits per heavy atom. The van der Waals surface area contributed by atoms with Crippen LogP contribution in [0.5, 0.6) is 0 Å². The molecule has 0 unspecified atom stereocenters. The summed E-state index contributed by atoms with van der Waals surface area (Å²) in [6.07, 6.45) is 2.22. The summed E-state index contributed by atoms with van der Waals surface area (Å²) in [6.45, 7) is 8.74. The molecule has 1 aromatic carbocycles. The molecule has 2 heteroatoms. The topological polar surface area (TPSA) is 17.0 Å². The molecule has 1 aromatic heterocycles. The molecule has 0 saturated carbocycles. The van der Waals surface area contributed by atoms with E-state index in [-0.39, 0.29) is 0 Å². The minimum atomic E-state index is 0.338. The molecule has 0 aliphatic heterocycles. The Morgan fingerprint density at radius 1 is 1.18 bits per heavy atom. The van der Waals surface area contributed by atoms with E-state index in [1.807, 2.05) is 0 Å². The molecule has 0 bridgehead atoms. The van der Waals surface area contributed by atoms with Crippen LogP contribution in [0.2, 0.25) is 0 Å². The number of hydrogen-bond acceptors (Lipinski definition) is 1. The van der Waals surface area contributed by atoms with E-state index in [1.54, 1.807) is 0 Å². The number of aromatic nitrogens is 1. The van der Waals surface area contributed by atoms with Crippen molar-refractivity contribution in [3.05, 3.63) is 36.0 Å². The van der Waals surface area contributed by atoms with Gasteiger partial charge in [-0.25, -0.2) is 0 Å². The first-order valence-corrected chi connectivity index (χ1v) is 6.21. The molecule has 0 saturated heterocycles. The highest BCUT2D eigenvalue weighted by Crippen LogP contribution is 2.20. The van der Waals surface area contributed by atoms with Crippen molar-refractivity contribution in [2.45, 2.75) is 27.3 Å². The maximum absolute atomic E-state index is 3.53. The van der Waals surface area contributed by atoms with Crippen LogP contribution in [0.15, 0.2) is 30.5 Å². The van der Waals surface area contributed by atoms with Crippen molar-refractivity contribution in [1.29, 1.82) is 0 Å². The van der Waals surface area contributed by atoms with Gasteiger partial charge in [0.1, 0.15) is 0 Å². The summed E-state index contributed by atoms with van der Waals surface area (Å²) in [6, 6.07) is 8.57. The predicted molar refractivity (Wildman–Crippen MR) is 74.1 cm³/mol. The first-order valence-electron chi connectivity index (χ1n) is 6.21. The van der Waals surface area contributed by atoms with Crippen LogP contribution in [0.4, 0.5) is 0 Å². The van der Waals surface area contributed by atoms with Crippen molar-refractivity contribution >= 4 is 10.9 Å². The molecule has 92 valence electrons. The summed E-state index contributed by atoms with van der Waals surface area (Å²) in [7, 11) is 2.11. The Balaban J connectivity index is 2.14. The van der Waals surface area contributed by atoms with E-state index < -0.39 is 0 Å². The summed E-state index contributed by atoms with van der Waals surface area (Å²) in [5.74, 6) is 0. The maximum atomic E-state index is 3.53. The van der Waals surface area contributed by atoms with Crippen molar-refractivity contribution < 1.29 is 0 Å². The van der Waals surface area contributed by atoms with E-state index in [0.717, 1.165) is 13.1 Å². The van der Waals surface area contributed by atoms with E-state index in [0.29, 0.717) is 5.41 Å². The number of benzene rings is 1. The summed E-state index contributed by atoms with van der Waals surface area (Å²) in [4.78, 5) is 0. The lowest BCUT2D eigenvalue weighted by atomic mass is 9.97. The first kappa shape index (κ1) is 12.2. The number of nitrogens with zero attached hydrogens (tertiary/aromatic N) is 1. The quantitative estimate of drug-likeness (QED) is 0.856. The SMILES string of the molecule is Cn1cc(CNCC(C)(C)C)c2ccccc21. The van der Waals surface area contributed by atoms with Gasteiger partial charge in [-0.2, -0.15) is 0 Å². The molecule has 0 amide bonds. The van der Waals surface area contributed by atoms with Crippen LogP contribution in [0, 0.1) is 5.41 Å². The molecule has 17 heavy (non-hydrogen) atoms. The van der Waals surface area contributed by atoms with Crippen LogP contribution in [0.1, 0.15) is 26.3 Å². The van der Waals surface area contributed by atoms with Crippen molar-refractivity contribution in [2.24, 2.45) is 12.5 Å². The minimum absolute atomic E-state index is 0.338. The number of aryl methyl sites for hydroxylation is 1. The van der Waals surface area contributed by atoms with Crippen molar-refractivity contribution in [1.82, 2.24) is 9.88 Å². The van der Waals surface area contributed by atoms with Crippen LogP contribution in [0.3, 0.4) is 0 Å². The summed E-state index contributed by atoms with van der Waals surface area (Å²) < 4.78 is 2.20. The highest BCUT2D eigenvalue weighted by atomic mass is 14.9. The Bertz CT molecular complexity index is 503. The van der Waals surface area contributed by atoms with Crippen molar-refractivity contribution in [2.75, 3.05) is 6.54 Å². The Kier molecular flexibility index (Phi) is 3.25. The van der Waals surface area contributed by atoms with E-state index in [4.69, 9.17) is 0 Å². The van der Waals surface area contributed by atoms with Gasteiger partial charge in [0.05, 0.1) is 0 Å². The fourth-order valence-corrected chi connectivity index (χ4v) is 2.14. The van der Waals surface area contributed by atoms with Gasteiger partial charge in [0.15, 0.2) is 0 Å². The fraction of sp³-hybridized carbons (Fsp3) is 0.467. The second-order valence-electron chi connectivity index (χ2n) is 5.95. The smallest absolute Gasteiger partial charge is 0.0481 e. The van der Waals surface area contributed by atoms with Gasteiger partial charge < -0.3 is 9.88 Å². The van der Waals surface area contributed by atoms with Crippen LogP contribution in [0.25, 0.3) is 10.9 Å². The Hall–Kier alpha value is -1.28. The molecule has 0 aliphatic rings. The van der Waals surface area contributed by atoms with Crippen LogP contribution in [-0.4, -0.2) is 11.1 Å². The maximum Gasteiger partial charge on any atom is 0.0481 e. The largest absolute Gasteiger partial charge is 0.350 e. The third-order valence-corrected chi connectivity index (χ3v) is 2.95. The molecule has 1 heterocycles. The highest BCUT2D eigenvalue weighted by Gasteiger charge is 2.10. The molecule has 0 radical (unpaired) electrons. The van der Waals surface area contributed by atoms with Gasteiger partial charge in [0.2, 0.25) is 0 Å². The molecule has 2 rings (SSSR count). The fourth-order valence-electron chi connectivity index (χ4n) is 2.14. The average Bonchev–Trinajstić information content (AvgIpc) is 2.55. The monoisotopic (exact) mass is 230 g/mol. The van der Waals surface area contributed by atoms with Crippen LogP contribution >= 0.6 is 0 Å². The molecule has 2 nitrogen and oxygen atoms in total. The molecule has 0 atom stereocenters. The minimum Gasteiger partial charge on any atom is -0.350 e. The van der Waals surface area contributed by atoms with Crippen molar-refractivity contribution in [3.63, 3.8) is 0 Å². The van der Waals surface area contributed by atoms with Gasteiger partial charge in [0, 0.05) is 37.2 Å². The molecule has 1 N–H and O–H groups in total. The van der Waals surface area contributed by atoms with Crippen molar-refractivity contribution in [3.8, 4) is 0 Å². The zero-order valence-electron chi connectivity index (χ0n) is 11.2. The third kappa shape index (κ3) is 2.89. The van der Waals surface area contributed by atoms with Gasteiger partial charge in [0.25, 0.3) is 0 Å². The van der Waals surface area contributed by atoms with E-state index in [1.165, 1.54) is 16.5 Å². The molecule has 2 aromatic rings. The summed E-state index contributed by atoms with van der Waals surface area (Å²) in [5, 5.41) is 4.89. The molecular formula is C15H22N2. The Labute approximate surface area is 104 Å². The number of rotatable bonds is 3. The lowest BCUT2D eigenvalue weighted by Crippen LogP contribution is -2.26. The highest BCUT2D eigenvalue weighted by molar-refractivity contribution is 5.83. The van der Waals surface area contributed by atoms with Gasteiger partial charge in [-0.05, 0) is 17.0 Å². The lowest BCUT2D eigenvalue weighted by Gasteiger charge is -2.18. The second-order valence-corrected chi connectivity index (χ2v) is 5.95.